The van der Waals surface area contributed by atoms with Gasteiger partial charge < -0.3 is 18.8 Å². The third-order valence-corrected chi connectivity index (χ3v) is 5.23. The number of esters is 2. The molecule has 0 atom stereocenters. The Morgan fingerprint density at radius 2 is 1.38 bits per heavy atom. The summed E-state index contributed by atoms with van der Waals surface area (Å²) in [5.74, 6) is 0.595. The predicted octanol–water partition coefficient (Wildman–Crippen LogP) is 5.31. The first kappa shape index (κ1) is 27.7. The van der Waals surface area contributed by atoms with Gasteiger partial charge in [-0.1, -0.05) is 38.5 Å². The van der Waals surface area contributed by atoms with E-state index in [1.54, 1.807) is 12.1 Å². The van der Waals surface area contributed by atoms with Crippen LogP contribution >= 0.6 is 17.0 Å². The zero-order valence-corrected chi connectivity index (χ0v) is 21.0. The van der Waals surface area contributed by atoms with Crippen molar-refractivity contribution >= 4 is 28.9 Å². The predicted molar refractivity (Wildman–Crippen MR) is 129 cm³/mol. The molecule has 2 aromatic rings. The third kappa shape index (κ3) is 9.42. The number of halogens is 1. The molecular formula is C24H35BrN2O5. The number of hydrogen-bond acceptors (Lipinski definition) is 6. The molecule has 7 nitrogen and oxygen atoms in total. The van der Waals surface area contributed by atoms with Crippen molar-refractivity contribution < 1.29 is 23.8 Å². The molecule has 0 spiro atoms. The number of rotatable bonds is 14. The summed E-state index contributed by atoms with van der Waals surface area (Å²) in [6.45, 7) is 0.537. The number of unbranched alkanes of at least 4 members (excludes halogenated alkanes) is 7. The molecular weight excluding hydrogens is 476 g/mol. The number of benzene rings is 1. The quantitative estimate of drug-likeness (QED) is 0.253. The van der Waals surface area contributed by atoms with Crippen LogP contribution in [0.4, 0.5) is 0 Å². The lowest BCUT2D eigenvalue weighted by Crippen LogP contribution is -2.08. The van der Waals surface area contributed by atoms with Crippen LogP contribution < -0.4 is 4.74 Å². The number of aromatic nitrogens is 2. The highest BCUT2D eigenvalue weighted by Crippen LogP contribution is 2.20. The number of carbonyl (C=O) groups is 2. The Hall–Kier alpha value is -2.35. The van der Waals surface area contributed by atoms with Gasteiger partial charge in [-0.3, -0.25) is 0 Å². The first-order valence-corrected chi connectivity index (χ1v) is 11.0. The highest BCUT2D eigenvalue weighted by molar-refractivity contribution is 8.93. The van der Waals surface area contributed by atoms with Gasteiger partial charge in [0.2, 0.25) is 0 Å². The third-order valence-electron chi connectivity index (χ3n) is 5.23. The molecule has 2 rings (SSSR count). The Balaban J connectivity index is 0.00000512. The van der Waals surface area contributed by atoms with Crippen LogP contribution in [0.25, 0.3) is 0 Å². The summed E-state index contributed by atoms with van der Waals surface area (Å²) >= 11 is 0. The fourth-order valence-electron chi connectivity index (χ4n) is 3.43. The Morgan fingerprint density at radius 3 is 1.88 bits per heavy atom. The van der Waals surface area contributed by atoms with Crippen LogP contribution in [0.5, 0.6) is 5.75 Å². The summed E-state index contributed by atoms with van der Waals surface area (Å²) in [5, 5.41) is 0. The van der Waals surface area contributed by atoms with Gasteiger partial charge in [-0.2, -0.15) is 0 Å². The van der Waals surface area contributed by atoms with Gasteiger partial charge in [-0.25, -0.2) is 14.6 Å². The first-order valence-electron chi connectivity index (χ1n) is 11.0. The zero-order valence-electron chi connectivity index (χ0n) is 19.3. The molecule has 0 radical (unpaired) electrons. The highest BCUT2D eigenvalue weighted by atomic mass is 79.9. The maximum absolute atomic E-state index is 11.8. The molecule has 0 N–H and O–H groups in total. The number of imidazole rings is 1. The second-order valence-electron chi connectivity index (χ2n) is 7.61. The van der Waals surface area contributed by atoms with E-state index in [9.17, 15) is 9.59 Å². The van der Waals surface area contributed by atoms with Gasteiger partial charge in [0, 0.05) is 25.9 Å². The molecule has 178 valence electrons. The smallest absolute Gasteiger partial charge is 0.338 e. The lowest BCUT2D eigenvalue weighted by Gasteiger charge is -2.10. The van der Waals surface area contributed by atoms with Crippen LogP contribution in [0.3, 0.4) is 0 Å². The number of aryl methyl sites for hydroxylation is 2. The summed E-state index contributed by atoms with van der Waals surface area (Å²) in [4.78, 5) is 28.0. The average molecular weight is 511 g/mol. The summed E-state index contributed by atoms with van der Waals surface area (Å²) < 4.78 is 17.3. The standard InChI is InChI=1S/C24H34N2O5.BrH/c1-26-14-13-25-22(26)12-10-8-6-4-5-7-9-11-15-31-21-17-19(23(27)29-2)16-20(18-21)24(28)30-3;/h13-14,16-18H,4-12,15H2,1-3H3;1H. The van der Waals surface area contributed by atoms with E-state index >= 15 is 0 Å². The van der Waals surface area contributed by atoms with Gasteiger partial charge in [-0.15, -0.1) is 17.0 Å². The number of hydrogen-bond donors (Lipinski definition) is 0. The van der Waals surface area contributed by atoms with Crippen molar-refractivity contribution in [2.24, 2.45) is 7.05 Å². The van der Waals surface area contributed by atoms with E-state index in [0.717, 1.165) is 25.1 Å². The second kappa shape index (κ2) is 15.5. The van der Waals surface area contributed by atoms with Crippen molar-refractivity contribution in [3.8, 4) is 5.75 Å². The maximum atomic E-state index is 11.8. The molecule has 0 aliphatic carbocycles. The van der Waals surface area contributed by atoms with E-state index in [1.807, 2.05) is 19.4 Å². The van der Waals surface area contributed by atoms with Crippen molar-refractivity contribution in [2.75, 3.05) is 20.8 Å². The molecule has 0 saturated carbocycles. The summed E-state index contributed by atoms with van der Waals surface area (Å²) in [6, 6.07) is 4.62. The molecule has 0 saturated heterocycles. The van der Waals surface area contributed by atoms with E-state index in [1.165, 1.54) is 58.8 Å². The van der Waals surface area contributed by atoms with Crippen LogP contribution in [0, 0.1) is 0 Å². The van der Waals surface area contributed by atoms with E-state index in [4.69, 9.17) is 14.2 Å². The molecule has 8 heteroatoms. The van der Waals surface area contributed by atoms with Crippen LogP contribution in [0.2, 0.25) is 0 Å². The second-order valence-corrected chi connectivity index (χ2v) is 7.61. The van der Waals surface area contributed by atoms with Gasteiger partial charge in [0.1, 0.15) is 11.6 Å². The fraction of sp³-hybridized carbons (Fsp3) is 0.542. The molecule has 1 aromatic heterocycles. The van der Waals surface area contributed by atoms with Gasteiger partial charge >= 0.3 is 11.9 Å². The number of nitrogens with zero attached hydrogens (tertiary/aromatic N) is 2. The minimum absolute atomic E-state index is 0. The van der Waals surface area contributed by atoms with Crippen LogP contribution in [-0.4, -0.2) is 42.3 Å². The van der Waals surface area contributed by atoms with Crippen molar-refractivity contribution in [1.82, 2.24) is 9.55 Å². The molecule has 0 fully saturated rings. The van der Waals surface area contributed by atoms with Crippen molar-refractivity contribution in [1.29, 1.82) is 0 Å². The van der Waals surface area contributed by atoms with Crippen LogP contribution in [-0.2, 0) is 22.9 Å². The fourth-order valence-corrected chi connectivity index (χ4v) is 3.43. The van der Waals surface area contributed by atoms with Crippen LogP contribution in [0.15, 0.2) is 30.6 Å². The van der Waals surface area contributed by atoms with E-state index in [0.29, 0.717) is 12.4 Å². The topological polar surface area (TPSA) is 79.7 Å². The van der Waals surface area contributed by atoms with E-state index < -0.39 is 11.9 Å². The van der Waals surface area contributed by atoms with Crippen molar-refractivity contribution in [2.45, 2.75) is 57.8 Å². The Bertz CT molecular complexity index is 803. The lowest BCUT2D eigenvalue weighted by atomic mass is 10.1. The van der Waals surface area contributed by atoms with E-state index in [2.05, 4.69) is 9.55 Å². The Labute approximate surface area is 201 Å². The van der Waals surface area contributed by atoms with Crippen LogP contribution in [0.1, 0.15) is 77.9 Å². The largest absolute Gasteiger partial charge is 0.494 e. The molecule has 0 aliphatic rings. The number of methoxy groups -OCH3 is 2. The number of ether oxygens (including phenoxy) is 3. The van der Waals surface area contributed by atoms with Gasteiger partial charge in [0.05, 0.1) is 32.0 Å². The minimum Gasteiger partial charge on any atom is -0.494 e. The lowest BCUT2D eigenvalue weighted by molar-refractivity contribution is 0.0598. The SMILES string of the molecule is Br.COC(=O)c1cc(OCCCCCCCCCCc2nccn2C)cc(C(=O)OC)c1. The Kier molecular flexibility index (Phi) is 13.4. The Morgan fingerprint density at radius 1 is 0.844 bits per heavy atom. The molecule has 0 bridgehead atoms. The van der Waals surface area contributed by atoms with Gasteiger partial charge in [0.25, 0.3) is 0 Å². The molecule has 0 aliphatic heterocycles. The molecule has 32 heavy (non-hydrogen) atoms. The zero-order chi connectivity index (χ0) is 22.5. The monoisotopic (exact) mass is 510 g/mol. The normalized spacial score (nSPS) is 10.3. The van der Waals surface area contributed by atoms with Gasteiger partial charge in [-0.05, 0) is 31.0 Å². The van der Waals surface area contributed by atoms with Crippen molar-refractivity contribution in [3.05, 3.63) is 47.5 Å². The summed E-state index contributed by atoms with van der Waals surface area (Å²) in [7, 11) is 4.64. The maximum Gasteiger partial charge on any atom is 0.338 e. The first-order chi connectivity index (χ1) is 15.0. The summed E-state index contributed by atoms with van der Waals surface area (Å²) in [5.41, 5.74) is 0.534. The highest BCUT2D eigenvalue weighted by Gasteiger charge is 2.14. The van der Waals surface area contributed by atoms with Gasteiger partial charge in [0.15, 0.2) is 0 Å². The molecule has 1 heterocycles. The molecule has 1 aromatic carbocycles. The van der Waals surface area contributed by atoms with Crippen molar-refractivity contribution in [3.63, 3.8) is 0 Å². The molecule has 0 amide bonds. The number of carbonyl (C=O) groups excluding carboxylic acids is 2. The minimum atomic E-state index is -0.518. The van der Waals surface area contributed by atoms with E-state index in [-0.39, 0.29) is 28.1 Å². The molecule has 0 unspecified atom stereocenters. The summed E-state index contributed by atoms with van der Waals surface area (Å²) in [6.07, 6.45) is 14.3. The average Bonchev–Trinajstić information content (AvgIpc) is 3.20.